The highest BCUT2D eigenvalue weighted by Gasteiger charge is 2.26. The van der Waals surface area contributed by atoms with E-state index in [1.165, 1.54) is 11.9 Å². The number of methoxy groups -OCH3 is 1. The van der Waals surface area contributed by atoms with E-state index < -0.39 is 0 Å². The average Bonchev–Trinajstić information content (AvgIpc) is 3.61. The topological polar surface area (TPSA) is 129 Å². The van der Waals surface area contributed by atoms with Gasteiger partial charge in [-0.3, -0.25) is 14.7 Å². The number of piperidine rings is 1. The lowest BCUT2D eigenvalue weighted by atomic mass is 10.0. The third-order valence-electron chi connectivity index (χ3n) is 8.72. The third kappa shape index (κ3) is 5.58. The van der Waals surface area contributed by atoms with Crippen molar-refractivity contribution in [1.82, 2.24) is 34.2 Å². The lowest BCUT2D eigenvalue weighted by Gasteiger charge is -2.32. The molecule has 0 saturated carbocycles. The molecule has 2 aromatic carbocycles. The predicted molar refractivity (Wildman–Crippen MR) is 175 cm³/mol. The molecule has 0 aliphatic carbocycles. The summed E-state index contributed by atoms with van der Waals surface area (Å²) in [4.78, 5) is 28.6. The number of benzene rings is 2. The minimum absolute atomic E-state index is 0.130. The van der Waals surface area contributed by atoms with Crippen LogP contribution in [0.4, 0.5) is 11.5 Å². The van der Waals surface area contributed by atoms with Gasteiger partial charge in [-0.1, -0.05) is 24.3 Å². The fraction of sp³-hybridized carbons (Fsp3) is 0.265. The second-order valence-corrected chi connectivity index (χ2v) is 11.5. The highest BCUT2D eigenvalue weighted by atomic mass is 16.5. The molecule has 11 heteroatoms. The van der Waals surface area contributed by atoms with Crippen LogP contribution in [0.5, 0.6) is 5.75 Å². The van der Waals surface area contributed by atoms with Gasteiger partial charge in [0, 0.05) is 55.8 Å². The van der Waals surface area contributed by atoms with Crippen LogP contribution in [0.2, 0.25) is 0 Å². The molecule has 6 aromatic rings. The number of anilines is 2. The van der Waals surface area contributed by atoms with Crippen LogP contribution in [-0.2, 0) is 24.8 Å². The van der Waals surface area contributed by atoms with E-state index in [1.807, 2.05) is 77.2 Å². The van der Waals surface area contributed by atoms with Gasteiger partial charge in [-0.25, -0.2) is 14.6 Å². The molecule has 0 spiro atoms. The second kappa shape index (κ2) is 12.0. The molecular weight excluding hydrogens is 566 g/mol. The van der Waals surface area contributed by atoms with E-state index in [0.29, 0.717) is 28.3 Å². The van der Waals surface area contributed by atoms with Crippen molar-refractivity contribution in [2.75, 3.05) is 31.2 Å². The van der Waals surface area contributed by atoms with Crippen LogP contribution in [0.3, 0.4) is 0 Å². The Morgan fingerprint density at radius 1 is 1.04 bits per heavy atom. The number of ether oxygens (including phenoxy) is 1. The molecule has 228 valence electrons. The number of likely N-dealkylation sites (tertiary alicyclic amines) is 1. The number of hydrogen-bond acceptors (Lipinski definition) is 8. The van der Waals surface area contributed by atoms with Crippen molar-refractivity contribution >= 4 is 39.3 Å². The highest BCUT2D eigenvalue weighted by Crippen LogP contribution is 2.37. The summed E-state index contributed by atoms with van der Waals surface area (Å²) in [6.45, 7) is 2.80. The molecule has 1 aliphatic heterocycles. The molecule has 7 rings (SSSR count). The van der Waals surface area contributed by atoms with Crippen molar-refractivity contribution in [3.63, 3.8) is 0 Å². The lowest BCUT2D eigenvalue weighted by Crippen LogP contribution is -2.34. The molecule has 0 bridgehead atoms. The number of carbonyl (C=O) groups excluding carboxylic acids is 1. The maximum Gasteiger partial charge on any atom is 0.230 e. The van der Waals surface area contributed by atoms with E-state index in [1.54, 1.807) is 7.11 Å². The zero-order valence-electron chi connectivity index (χ0n) is 25.3. The molecule has 4 aromatic heterocycles. The average molecular weight is 602 g/mol. The molecule has 0 unspecified atom stereocenters. The fourth-order valence-corrected chi connectivity index (χ4v) is 6.34. The van der Waals surface area contributed by atoms with E-state index in [0.717, 1.165) is 60.3 Å². The van der Waals surface area contributed by atoms with Crippen LogP contribution in [0, 0.1) is 0 Å². The van der Waals surface area contributed by atoms with Gasteiger partial charge in [0.05, 0.1) is 30.6 Å². The molecule has 0 atom stereocenters. The Balaban J connectivity index is 1.12. The molecular formula is C34H35N9O2. The molecule has 0 radical (unpaired) electrons. The Morgan fingerprint density at radius 3 is 2.62 bits per heavy atom. The zero-order chi connectivity index (χ0) is 30.9. The molecule has 11 nitrogen and oxygen atoms in total. The second-order valence-electron chi connectivity index (χ2n) is 11.5. The zero-order valence-corrected chi connectivity index (χ0v) is 25.3. The first-order valence-corrected chi connectivity index (χ1v) is 15.1. The Hall–Kier alpha value is -5.29. The monoisotopic (exact) mass is 601 g/mol. The number of para-hydroxylation sites is 1. The normalized spacial score (nSPS) is 14.3. The minimum Gasteiger partial charge on any atom is -0.495 e. The van der Waals surface area contributed by atoms with E-state index >= 15 is 0 Å². The van der Waals surface area contributed by atoms with Gasteiger partial charge in [0.15, 0.2) is 5.65 Å². The van der Waals surface area contributed by atoms with Gasteiger partial charge in [-0.2, -0.15) is 5.10 Å². The third-order valence-corrected chi connectivity index (χ3v) is 8.72. The van der Waals surface area contributed by atoms with Gasteiger partial charge in [0.1, 0.15) is 23.6 Å². The van der Waals surface area contributed by atoms with Gasteiger partial charge in [-0.15, -0.1) is 0 Å². The largest absolute Gasteiger partial charge is 0.495 e. The van der Waals surface area contributed by atoms with Gasteiger partial charge >= 0.3 is 0 Å². The van der Waals surface area contributed by atoms with E-state index in [4.69, 9.17) is 15.6 Å². The van der Waals surface area contributed by atoms with Crippen molar-refractivity contribution in [1.29, 1.82) is 0 Å². The van der Waals surface area contributed by atoms with E-state index in [-0.39, 0.29) is 18.4 Å². The maximum atomic E-state index is 13.1. The summed E-state index contributed by atoms with van der Waals surface area (Å²) in [5, 5.41) is 9.91. The first kappa shape index (κ1) is 28.5. The van der Waals surface area contributed by atoms with Gasteiger partial charge < -0.3 is 20.4 Å². The number of rotatable bonds is 8. The predicted octanol–water partition coefficient (Wildman–Crippen LogP) is 4.99. The summed E-state index contributed by atoms with van der Waals surface area (Å²) < 4.78 is 9.79. The lowest BCUT2D eigenvalue weighted by molar-refractivity contribution is -0.115. The van der Waals surface area contributed by atoms with Crippen LogP contribution in [-0.4, -0.2) is 60.3 Å². The summed E-state index contributed by atoms with van der Waals surface area (Å²) >= 11 is 0. The molecule has 1 amide bonds. The Kier molecular flexibility index (Phi) is 7.60. The number of nitrogens with one attached hydrogen (secondary N) is 1. The SMILES string of the molecule is COc1cc(-c2nn(C3CCN(Cc4ccncc4)CC3)c3ncnc(N)c23)ccc1NC(=O)Cc1cc2ccccc2n1C. The van der Waals surface area contributed by atoms with Gasteiger partial charge in [0.25, 0.3) is 0 Å². The minimum atomic E-state index is -0.130. The van der Waals surface area contributed by atoms with Crippen LogP contribution in [0.15, 0.2) is 79.4 Å². The van der Waals surface area contributed by atoms with Crippen molar-refractivity contribution in [2.45, 2.75) is 31.8 Å². The van der Waals surface area contributed by atoms with Crippen molar-refractivity contribution in [3.8, 4) is 17.0 Å². The van der Waals surface area contributed by atoms with Crippen LogP contribution >= 0.6 is 0 Å². The Labute approximate surface area is 260 Å². The molecule has 1 saturated heterocycles. The number of fused-ring (bicyclic) bond motifs is 2. The molecule has 5 heterocycles. The number of aromatic nitrogens is 6. The quantitative estimate of drug-likeness (QED) is 0.250. The van der Waals surface area contributed by atoms with E-state index in [9.17, 15) is 4.79 Å². The summed E-state index contributed by atoms with van der Waals surface area (Å²) in [6.07, 6.45) is 7.29. The smallest absolute Gasteiger partial charge is 0.230 e. The molecule has 3 N–H and O–H groups in total. The number of aryl methyl sites for hydroxylation is 1. The number of pyridine rings is 1. The molecule has 45 heavy (non-hydrogen) atoms. The van der Waals surface area contributed by atoms with Crippen molar-refractivity contribution in [3.05, 3.63) is 90.6 Å². The summed E-state index contributed by atoms with van der Waals surface area (Å²) in [7, 11) is 3.57. The van der Waals surface area contributed by atoms with Crippen LogP contribution < -0.4 is 15.8 Å². The number of nitrogens with zero attached hydrogens (tertiary/aromatic N) is 7. The number of nitrogen functional groups attached to an aromatic ring is 1. The highest BCUT2D eigenvalue weighted by molar-refractivity contribution is 6.00. The summed E-state index contributed by atoms with van der Waals surface area (Å²) in [5.41, 5.74) is 12.5. The Morgan fingerprint density at radius 2 is 1.84 bits per heavy atom. The standard InChI is InChI=1S/C34H35N9O2/c1-41-26(17-23-5-3-4-6-28(23)41)19-30(44)39-27-8-7-24(18-29(27)45-2)32-31-33(35)37-21-38-34(31)43(40-32)25-11-15-42(16-12-25)20-22-9-13-36-14-10-22/h3-10,13-14,17-18,21,25H,11-12,15-16,19-20H2,1-2H3,(H,39,44)(H2,35,37,38). The van der Waals surface area contributed by atoms with Gasteiger partial charge in [-0.05, 0) is 60.2 Å². The Bertz CT molecular complexity index is 1990. The number of nitrogens with two attached hydrogens (primary N) is 1. The van der Waals surface area contributed by atoms with Crippen molar-refractivity contribution in [2.24, 2.45) is 7.05 Å². The fourth-order valence-electron chi connectivity index (χ4n) is 6.34. The van der Waals surface area contributed by atoms with Gasteiger partial charge in [0.2, 0.25) is 5.91 Å². The number of amides is 1. The van der Waals surface area contributed by atoms with E-state index in [2.05, 4.69) is 37.3 Å². The molecule has 1 aliphatic rings. The summed E-state index contributed by atoms with van der Waals surface area (Å²) in [5.74, 6) is 0.776. The number of carbonyl (C=O) groups is 1. The summed E-state index contributed by atoms with van der Waals surface area (Å²) in [6, 6.07) is 20.1. The number of hydrogen-bond donors (Lipinski definition) is 2. The van der Waals surface area contributed by atoms with Crippen LogP contribution in [0.1, 0.15) is 30.1 Å². The van der Waals surface area contributed by atoms with Crippen molar-refractivity contribution < 1.29 is 9.53 Å². The van der Waals surface area contributed by atoms with Crippen LogP contribution in [0.25, 0.3) is 33.2 Å². The first-order chi connectivity index (χ1) is 22.0. The molecule has 1 fully saturated rings. The maximum absolute atomic E-state index is 13.1. The first-order valence-electron chi connectivity index (χ1n) is 15.1.